The third-order valence-electron chi connectivity index (χ3n) is 3.47. The molecular weight excluding hydrogens is 264 g/mol. The van der Waals surface area contributed by atoms with Crippen LogP contribution in [0, 0.1) is 12.8 Å². The Morgan fingerprint density at radius 2 is 2.05 bits per heavy atom. The van der Waals surface area contributed by atoms with Crippen LogP contribution in [0.4, 0.5) is 0 Å². The number of nitrogens with one attached hydrogen (secondary N) is 1. The average molecular weight is 282 g/mol. The lowest BCUT2D eigenvalue weighted by Crippen LogP contribution is -2.34. The second-order valence-corrected chi connectivity index (χ2v) is 6.68. The summed E-state index contributed by atoms with van der Waals surface area (Å²) in [6.45, 7) is 3.73. The number of rotatable bonds is 4. The summed E-state index contributed by atoms with van der Waals surface area (Å²) in [6.07, 6.45) is 2.27. The number of benzene rings is 1. The highest BCUT2D eigenvalue weighted by Gasteiger charge is 2.29. The first-order valence-corrected chi connectivity index (χ1v) is 7.78. The van der Waals surface area contributed by atoms with Crippen molar-refractivity contribution in [2.24, 2.45) is 11.1 Å². The lowest BCUT2D eigenvalue weighted by atomic mass is 10.1. The summed E-state index contributed by atoms with van der Waals surface area (Å²) in [6, 6.07) is 4.45. The van der Waals surface area contributed by atoms with Gasteiger partial charge in [-0.1, -0.05) is 6.07 Å². The van der Waals surface area contributed by atoms with Crippen LogP contribution >= 0.6 is 0 Å². The van der Waals surface area contributed by atoms with Gasteiger partial charge in [0.05, 0.1) is 4.90 Å². The Hall–Kier alpha value is -1.40. The molecule has 1 aromatic rings. The predicted octanol–water partition coefficient (Wildman–Crippen LogP) is 1.17. The maximum absolute atomic E-state index is 12.1. The summed E-state index contributed by atoms with van der Waals surface area (Å²) in [7, 11) is -3.79. The smallest absolute Gasteiger partial charge is 0.251 e. The van der Waals surface area contributed by atoms with Gasteiger partial charge in [-0.15, -0.1) is 0 Å². The lowest BCUT2D eigenvalue weighted by molar-refractivity contribution is 0.0935. The highest BCUT2D eigenvalue weighted by molar-refractivity contribution is 7.89. The van der Waals surface area contributed by atoms with E-state index in [1.165, 1.54) is 12.1 Å². The molecule has 0 aliphatic heterocycles. The molecule has 1 saturated carbocycles. The van der Waals surface area contributed by atoms with Crippen molar-refractivity contribution in [1.29, 1.82) is 0 Å². The average Bonchev–Trinajstić information content (AvgIpc) is 3.11. The molecule has 104 valence electrons. The van der Waals surface area contributed by atoms with Gasteiger partial charge in [0.25, 0.3) is 5.91 Å². The van der Waals surface area contributed by atoms with E-state index < -0.39 is 10.0 Å². The zero-order valence-electron chi connectivity index (χ0n) is 11.0. The molecule has 1 aromatic carbocycles. The number of primary sulfonamides is 1. The largest absolute Gasteiger partial charge is 0.349 e. The summed E-state index contributed by atoms with van der Waals surface area (Å²) in [5.41, 5.74) is 1.09. The van der Waals surface area contributed by atoms with Crippen LogP contribution in [0.5, 0.6) is 0 Å². The molecular formula is C13H18N2O3S. The summed E-state index contributed by atoms with van der Waals surface area (Å²) < 4.78 is 22.6. The van der Waals surface area contributed by atoms with Crippen molar-refractivity contribution in [3.05, 3.63) is 29.3 Å². The van der Waals surface area contributed by atoms with Gasteiger partial charge in [-0.25, -0.2) is 13.6 Å². The van der Waals surface area contributed by atoms with Crippen molar-refractivity contribution in [3.63, 3.8) is 0 Å². The molecule has 3 N–H and O–H groups in total. The van der Waals surface area contributed by atoms with Gasteiger partial charge in [-0.2, -0.15) is 0 Å². The van der Waals surface area contributed by atoms with Crippen LogP contribution in [-0.2, 0) is 10.0 Å². The molecule has 0 heterocycles. The van der Waals surface area contributed by atoms with E-state index in [0.29, 0.717) is 11.5 Å². The number of carbonyl (C=O) groups excluding carboxylic acids is 1. The SMILES string of the molecule is Cc1ccc(S(N)(=O)=O)cc1C(=O)NC(C)C1CC1. The Morgan fingerprint density at radius 1 is 1.42 bits per heavy atom. The van der Waals surface area contributed by atoms with Gasteiger partial charge >= 0.3 is 0 Å². The molecule has 0 saturated heterocycles. The minimum atomic E-state index is -3.79. The van der Waals surface area contributed by atoms with E-state index in [0.717, 1.165) is 18.4 Å². The molecule has 2 rings (SSSR count). The van der Waals surface area contributed by atoms with Crippen molar-refractivity contribution in [2.45, 2.75) is 37.6 Å². The van der Waals surface area contributed by atoms with E-state index in [2.05, 4.69) is 5.32 Å². The van der Waals surface area contributed by atoms with Gasteiger partial charge in [0.2, 0.25) is 10.0 Å². The molecule has 1 atom stereocenters. The Balaban J connectivity index is 2.25. The van der Waals surface area contributed by atoms with Crippen molar-refractivity contribution >= 4 is 15.9 Å². The maximum atomic E-state index is 12.1. The van der Waals surface area contributed by atoms with Crippen LogP contribution in [0.2, 0.25) is 0 Å². The monoisotopic (exact) mass is 282 g/mol. The van der Waals surface area contributed by atoms with Crippen molar-refractivity contribution in [2.75, 3.05) is 0 Å². The predicted molar refractivity (Wildman–Crippen MR) is 72.2 cm³/mol. The second-order valence-electron chi connectivity index (χ2n) is 5.12. The van der Waals surface area contributed by atoms with Gasteiger partial charge in [0.15, 0.2) is 0 Å². The third kappa shape index (κ3) is 3.33. The molecule has 0 spiro atoms. The van der Waals surface area contributed by atoms with Crippen molar-refractivity contribution in [3.8, 4) is 0 Å². The van der Waals surface area contributed by atoms with Gasteiger partial charge in [-0.05, 0) is 50.3 Å². The van der Waals surface area contributed by atoms with Crippen LogP contribution in [0.1, 0.15) is 35.7 Å². The molecule has 19 heavy (non-hydrogen) atoms. The van der Waals surface area contributed by atoms with Gasteiger partial charge in [0.1, 0.15) is 0 Å². The van der Waals surface area contributed by atoms with Crippen LogP contribution in [0.25, 0.3) is 0 Å². The number of nitrogens with two attached hydrogens (primary N) is 1. The molecule has 0 aromatic heterocycles. The van der Waals surface area contributed by atoms with E-state index in [4.69, 9.17) is 5.14 Å². The highest BCUT2D eigenvalue weighted by Crippen LogP contribution is 2.32. The zero-order chi connectivity index (χ0) is 14.2. The fraction of sp³-hybridized carbons (Fsp3) is 0.462. The summed E-state index contributed by atoms with van der Waals surface area (Å²) >= 11 is 0. The second kappa shape index (κ2) is 4.94. The summed E-state index contributed by atoms with van der Waals surface area (Å²) in [4.78, 5) is 12.1. The Morgan fingerprint density at radius 3 is 2.58 bits per heavy atom. The van der Waals surface area contributed by atoms with E-state index in [1.807, 2.05) is 6.92 Å². The first-order valence-electron chi connectivity index (χ1n) is 6.23. The topological polar surface area (TPSA) is 89.3 Å². The fourth-order valence-electron chi connectivity index (χ4n) is 2.02. The molecule has 1 fully saturated rings. The molecule has 0 bridgehead atoms. The molecule has 0 radical (unpaired) electrons. The molecule has 6 heteroatoms. The van der Waals surface area contributed by atoms with Crippen molar-refractivity contribution < 1.29 is 13.2 Å². The molecule has 1 aliphatic rings. The Kier molecular flexibility index (Phi) is 3.64. The fourth-order valence-corrected chi connectivity index (χ4v) is 2.56. The zero-order valence-corrected chi connectivity index (χ0v) is 11.8. The molecule has 1 amide bonds. The standard InChI is InChI=1S/C13H18N2O3S/c1-8-3-6-11(19(14,17)18)7-12(8)13(16)15-9(2)10-4-5-10/h3,6-7,9-10H,4-5H2,1-2H3,(H,15,16)(H2,14,17,18). The van der Waals surface area contributed by atoms with E-state index >= 15 is 0 Å². The van der Waals surface area contributed by atoms with E-state index in [-0.39, 0.29) is 16.8 Å². The van der Waals surface area contributed by atoms with Gasteiger partial charge in [0, 0.05) is 11.6 Å². The Bertz CT molecular complexity index is 606. The number of hydrogen-bond acceptors (Lipinski definition) is 3. The van der Waals surface area contributed by atoms with Crippen LogP contribution < -0.4 is 10.5 Å². The number of sulfonamides is 1. The number of aryl methyl sites for hydroxylation is 1. The summed E-state index contributed by atoms with van der Waals surface area (Å²) in [5.74, 6) is 0.299. The maximum Gasteiger partial charge on any atom is 0.251 e. The van der Waals surface area contributed by atoms with Crippen molar-refractivity contribution in [1.82, 2.24) is 5.32 Å². The first kappa shape index (κ1) is 14.0. The normalized spacial score (nSPS) is 17.0. The summed E-state index contributed by atoms with van der Waals surface area (Å²) in [5, 5.41) is 7.98. The first-order chi connectivity index (χ1) is 8.79. The number of carbonyl (C=O) groups is 1. The number of amides is 1. The highest BCUT2D eigenvalue weighted by atomic mass is 32.2. The Labute approximate surface area is 113 Å². The van der Waals surface area contributed by atoms with Gasteiger partial charge in [-0.3, -0.25) is 4.79 Å². The molecule has 1 unspecified atom stereocenters. The van der Waals surface area contributed by atoms with E-state index in [9.17, 15) is 13.2 Å². The van der Waals surface area contributed by atoms with Crippen LogP contribution in [-0.4, -0.2) is 20.4 Å². The quantitative estimate of drug-likeness (QED) is 0.868. The van der Waals surface area contributed by atoms with E-state index in [1.54, 1.807) is 13.0 Å². The molecule has 5 nitrogen and oxygen atoms in total. The minimum absolute atomic E-state index is 0.0395. The molecule has 1 aliphatic carbocycles. The van der Waals surface area contributed by atoms with Crippen LogP contribution in [0.15, 0.2) is 23.1 Å². The van der Waals surface area contributed by atoms with Crippen LogP contribution in [0.3, 0.4) is 0 Å². The minimum Gasteiger partial charge on any atom is -0.349 e. The lowest BCUT2D eigenvalue weighted by Gasteiger charge is -2.14. The number of hydrogen-bond donors (Lipinski definition) is 2. The third-order valence-corrected chi connectivity index (χ3v) is 4.38. The van der Waals surface area contributed by atoms with Gasteiger partial charge < -0.3 is 5.32 Å².